The van der Waals surface area contributed by atoms with Gasteiger partial charge in [-0.15, -0.1) is 0 Å². The molecule has 1 fully saturated rings. The van der Waals surface area contributed by atoms with Crippen molar-refractivity contribution >= 4 is 7.37 Å². The quantitative estimate of drug-likeness (QED) is 0.578. The lowest BCUT2D eigenvalue weighted by Crippen LogP contribution is -2.22. The summed E-state index contributed by atoms with van der Waals surface area (Å²) in [5, 5.41) is 8.51. The van der Waals surface area contributed by atoms with Gasteiger partial charge in [0.25, 0.3) is 0 Å². The Morgan fingerprint density at radius 1 is 1.25 bits per heavy atom. The van der Waals surface area contributed by atoms with E-state index in [0.29, 0.717) is 44.0 Å². The summed E-state index contributed by atoms with van der Waals surface area (Å²) >= 11 is 0. The van der Waals surface area contributed by atoms with Gasteiger partial charge in [-0.3, -0.25) is 4.57 Å². The number of rotatable bonds is 6. The average molecular weight is 250 g/mol. The summed E-state index contributed by atoms with van der Waals surface area (Å²) in [4.78, 5) is 0. The van der Waals surface area contributed by atoms with Crippen molar-refractivity contribution in [1.29, 1.82) is 0 Å². The molecular weight excluding hydrogens is 227 g/mol. The Labute approximate surface area is 97.8 Å². The highest BCUT2D eigenvalue weighted by atomic mass is 31.2. The van der Waals surface area contributed by atoms with Crippen LogP contribution in [0.15, 0.2) is 0 Å². The highest BCUT2D eigenvalue weighted by molar-refractivity contribution is 7.59. The van der Waals surface area contributed by atoms with Gasteiger partial charge in [-0.05, 0) is 18.3 Å². The third-order valence-corrected chi connectivity index (χ3v) is 5.98. The summed E-state index contributed by atoms with van der Waals surface area (Å²) in [6.45, 7) is 5.47. The number of ether oxygens (including phenoxy) is 1. The molecule has 0 aromatic heterocycles. The second-order valence-corrected chi connectivity index (χ2v) is 7.33. The summed E-state index contributed by atoms with van der Waals surface area (Å²) in [7, 11) is -2.40. The molecule has 0 spiro atoms. The van der Waals surface area contributed by atoms with E-state index in [2.05, 4.69) is 13.8 Å². The standard InChI is InChI=1S/C11H23O4P/c1-10-3-8-16(13,9-11(10)2)15-7-6-14-5-4-12/h10-12H,3-9H2,1-2H3/t10?,11-,16?/m1/s1. The zero-order chi connectivity index (χ0) is 12.0. The maximum Gasteiger partial charge on any atom is 0.203 e. The van der Waals surface area contributed by atoms with Crippen LogP contribution in [0.3, 0.4) is 0 Å². The third kappa shape index (κ3) is 4.54. The second kappa shape index (κ2) is 6.75. The first kappa shape index (κ1) is 14.2. The minimum Gasteiger partial charge on any atom is -0.394 e. The Morgan fingerprint density at radius 2 is 2.00 bits per heavy atom. The van der Waals surface area contributed by atoms with Gasteiger partial charge in [-0.1, -0.05) is 13.8 Å². The first-order chi connectivity index (χ1) is 7.57. The molecule has 0 bridgehead atoms. The van der Waals surface area contributed by atoms with Crippen molar-refractivity contribution in [2.45, 2.75) is 20.3 Å². The van der Waals surface area contributed by atoms with E-state index in [-0.39, 0.29) is 6.61 Å². The first-order valence-corrected chi connectivity index (χ1v) is 7.98. The smallest absolute Gasteiger partial charge is 0.203 e. The van der Waals surface area contributed by atoms with Gasteiger partial charge in [0.2, 0.25) is 7.37 Å². The van der Waals surface area contributed by atoms with Crippen molar-refractivity contribution < 1.29 is 18.9 Å². The molecule has 1 saturated heterocycles. The summed E-state index contributed by atoms with van der Waals surface area (Å²) in [5.74, 6) is 1.13. The van der Waals surface area contributed by atoms with Crippen LogP contribution >= 0.6 is 7.37 Å². The zero-order valence-corrected chi connectivity index (χ0v) is 11.1. The Hall–Kier alpha value is 0.110. The lowest BCUT2D eigenvalue weighted by Gasteiger charge is -2.31. The van der Waals surface area contributed by atoms with E-state index in [1.165, 1.54) is 0 Å². The Balaban J connectivity index is 2.22. The average Bonchev–Trinajstić information content (AvgIpc) is 2.24. The minimum atomic E-state index is -2.40. The van der Waals surface area contributed by atoms with Crippen LogP contribution in [-0.4, -0.2) is 43.9 Å². The fourth-order valence-corrected chi connectivity index (χ4v) is 4.80. The van der Waals surface area contributed by atoms with E-state index in [1.807, 2.05) is 0 Å². The number of hydrogen-bond acceptors (Lipinski definition) is 4. The molecule has 1 rings (SSSR count). The lowest BCUT2D eigenvalue weighted by molar-refractivity contribution is 0.0704. The van der Waals surface area contributed by atoms with Crippen LogP contribution in [0.5, 0.6) is 0 Å². The molecule has 4 nitrogen and oxygen atoms in total. The minimum absolute atomic E-state index is 0.0200. The van der Waals surface area contributed by atoms with E-state index >= 15 is 0 Å². The van der Waals surface area contributed by atoms with Crippen LogP contribution in [0.1, 0.15) is 20.3 Å². The van der Waals surface area contributed by atoms with Crippen molar-refractivity contribution in [2.75, 3.05) is 38.8 Å². The number of aliphatic hydroxyl groups excluding tert-OH is 1. The summed E-state index contributed by atoms with van der Waals surface area (Å²) in [6, 6.07) is 0. The Kier molecular flexibility index (Phi) is 5.98. The molecule has 1 aliphatic rings. The monoisotopic (exact) mass is 250 g/mol. The van der Waals surface area contributed by atoms with Gasteiger partial charge in [0, 0.05) is 12.3 Å². The Bertz CT molecular complexity index is 244. The van der Waals surface area contributed by atoms with Crippen LogP contribution in [0.25, 0.3) is 0 Å². The predicted molar refractivity (Wildman–Crippen MR) is 64.1 cm³/mol. The highest BCUT2D eigenvalue weighted by Gasteiger charge is 2.33. The van der Waals surface area contributed by atoms with Gasteiger partial charge in [0.15, 0.2) is 0 Å². The maximum atomic E-state index is 12.3. The lowest BCUT2D eigenvalue weighted by atomic mass is 9.95. The molecule has 1 heterocycles. The van der Waals surface area contributed by atoms with Crippen LogP contribution in [-0.2, 0) is 13.8 Å². The Morgan fingerprint density at radius 3 is 2.62 bits per heavy atom. The summed E-state index contributed by atoms with van der Waals surface area (Å²) < 4.78 is 22.9. The van der Waals surface area contributed by atoms with Gasteiger partial charge in [-0.25, -0.2) is 0 Å². The largest absolute Gasteiger partial charge is 0.394 e. The van der Waals surface area contributed by atoms with E-state index in [9.17, 15) is 4.57 Å². The SMILES string of the molecule is CC1CCP(=O)(OCCOCCO)C[C@H]1C. The van der Waals surface area contributed by atoms with Gasteiger partial charge < -0.3 is 14.4 Å². The van der Waals surface area contributed by atoms with E-state index in [4.69, 9.17) is 14.4 Å². The fourth-order valence-electron chi connectivity index (χ4n) is 1.94. The molecule has 0 aromatic rings. The van der Waals surface area contributed by atoms with Crippen LogP contribution in [0.2, 0.25) is 0 Å². The zero-order valence-electron chi connectivity index (χ0n) is 10.2. The molecule has 5 heteroatoms. The number of aliphatic hydroxyl groups is 1. The summed E-state index contributed by atoms with van der Waals surface area (Å²) in [5.41, 5.74) is 0. The van der Waals surface area contributed by atoms with Crippen molar-refractivity contribution in [2.24, 2.45) is 11.8 Å². The molecule has 0 aromatic carbocycles. The third-order valence-electron chi connectivity index (χ3n) is 3.25. The van der Waals surface area contributed by atoms with Gasteiger partial charge in [-0.2, -0.15) is 0 Å². The topological polar surface area (TPSA) is 55.8 Å². The molecule has 1 aliphatic heterocycles. The molecule has 1 N–H and O–H groups in total. The summed E-state index contributed by atoms with van der Waals surface area (Å²) in [6.07, 6.45) is 2.41. The molecule has 0 radical (unpaired) electrons. The van der Waals surface area contributed by atoms with Crippen molar-refractivity contribution in [1.82, 2.24) is 0 Å². The van der Waals surface area contributed by atoms with Gasteiger partial charge in [0.1, 0.15) is 0 Å². The van der Waals surface area contributed by atoms with Crippen LogP contribution < -0.4 is 0 Å². The van der Waals surface area contributed by atoms with Crippen molar-refractivity contribution in [3.63, 3.8) is 0 Å². The van der Waals surface area contributed by atoms with Crippen molar-refractivity contribution in [3.8, 4) is 0 Å². The molecule has 96 valence electrons. The second-order valence-electron chi connectivity index (χ2n) is 4.63. The van der Waals surface area contributed by atoms with Crippen molar-refractivity contribution in [3.05, 3.63) is 0 Å². The fraction of sp³-hybridized carbons (Fsp3) is 1.00. The molecule has 0 saturated carbocycles. The van der Waals surface area contributed by atoms with Gasteiger partial charge in [0.05, 0.1) is 26.4 Å². The molecule has 0 amide bonds. The van der Waals surface area contributed by atoms with Gasteiger partial charge >= 0.3 is 0 Å². The molecule has 0 aliphatic carbocycles. The normalized spacial score (nSPS) is 35.2. The maximum absolute atomic E-state index is 12.3. The predicted octanol–water partition coefficient (Wildman–Crippen LogP) is 1.97. The molecule has 2 unspecified atom stereocenters. The first-order valence-electron chi connectivity index (χ1n) is 5.98. The van der Waals surface area contributed by atoms with Crippen LogP contribution in [0.4, 0.5) is 0 Å². The molecule has 3 atom stereocenters. The van der Waals surface area contributed by atoms with E-state index in [1.54, 1.807) is 0 Å². The van der Waals surface area contributed by atoms with E-state index < -0.39 is 7.37 Å². The number of hydrogen-bond donors (Lipinski definition) is 1. The van der Waals surface area contributed by atoms with Crippen LogP contribution in [0, 0.1) is 11.8 Å². The van der Waals surface area contributed by atoms with E-state index in [0.717, 1.165) is 6.42 Å². The molecular formula is C11H23O4P. The highest BCUT2D eigenvalue weighted by Crippen LogP contribution is 2.54. The molecule has 16 heavy (non-hydrogen) atoms.